The third-order valence-electron chi connectivity index (χ3n) is 4.89. The summed E-state index contributed by atoms with van der Waals surface area (Å²) in [4.78, 5) is 55.0. The monoisotopic (exact) mass is 468 g/mol. The molecule has 1 fully saturated rings. The number of fused-ring (bicyclic) bond motifs is 1. The molecule has 2 N–H and O–H groups in total. The number of nitrogens with one attached hydrogen (secondary N) is 2. The SMILES string of the molecule is Cc1ccc2nc(NC(=O)C[C@H]3SC(=O)N(CC(=O)Nc4ccccc4C)C3=O)sc2c1. The summed E-state index contributed by atoms with van der Waals surface area (Å²) in [7, 11) is 0. The number of thioether (sulfide) groups is 1. The highest BCUT2D eigenvalue weighted by atomic mass is 32.2. The second kappa shape index (κ2) is 9.09. The van der Waals surface area contributed by atoms with Crippen LogP contribution in [0.3, 0.4) is 0 Å². The molecule has 164 valence electrons. The maximum Gasteiger partial charge on any atom is 0.289 e. The van der Waals surface area contributed by atoms with Crippen LogP contribution in [0, 0.1) is 13.8 Å². The lowest BCUT2D eigenvalue weighted by molar-refractivity contribution is -0.131. The molecular formula is C22H20N4O4S2. The average Bonchev–Trinajstić information content (AvgIpc) is 3.24. The van der Waals surface area contributed by atoms with Gasteiger partial charge in [0.25, 0.3) is 5.24 Å². The Kier molecular flexibility index (Phi) is 6.24. The van der Waals surface area contributed by atoms with Gasteiger partial charge in [0.15, 0.2) is 5.13 Å². The molecule has 2 aromatic carbocycles. The van der Waals surface area contributed by atoms with E-state index in [0.29, 0.717) is 10.8 Å². The number of carbonyl (C=O) groups excluding carboxylic acids is 4. The number of anilines is 2. The molecule has 0 aliphatic carbocycles. The molecular weight excluding hydrogens is 448 g/mol. The second-order valence-corrected chi connectivity index (χ2v) is 9.59. The number of aromatic nitrogens is 1. The van der Waals surface area contributed by atoms with E-state index in [1.807, 2.05) is 44.2 Å². The van der Waals surface area contributed by atoms with Crippen LogP contribution in [0.5, 0.6) is 0 Å². The number of carbonyl (C=O) groups is 4. The number of thiazole rings is 1. The lowest BCUT2D eigenvalue weighted by atomic mass is 10.2. The minimum atomic E-state index is -0.870. The van der Waals surface area contributed by atoms with Gasteiger partial charge in [0.05, 0.1) is 10.2 Å². The van der Waals surface area contributed by atoms with Crippen LogP contribution in [0.15, 0.2) is 42.5 Å². The molecule has 0 spiro atoms. The van der Waals surface area contributed by atoms with Crippen molar-refractivity contribution in [2.75, 3.05) is 17.2 Å². The van der Waals surface area contributed by atoms with E-state index in [1.54, 1.807) is 12.1 Å². The van der Waals surface area contributed by atoms with Crippen molar-refractivity contribution < 1.29 is 19.2 Å². The van der Waals surface area contributed by atoms with Crippen molar-refractivity contribution in [2.24, 2.45) is 0 Å². The van der Waals surface area contributed by atoms with Gasteiger partial charge < -0.3 is 10.6 Å². The first-order chi connectivity index (χ1) is 15.3. The Hall–Kier alpha value is -3.24. The fourth-order valence-corrected chi connectivity index (χ4v) is 5.21. The van der Waals surface area contributed by atoms with E-state index in [2.05, 4.69) is 15.6 Å². The third-order valence-corrected chi connectivity index (χ3v) is 6.90. The third kappa shape index (κ3) is 4.81. The van der Waals surface area contributed by atoms with Gasteiger partial charge in [-0.15, -0.1) is 0 Å². The summed E-state index contributed by atoms with van der Waals surface area (Å²) in [6, 6.07) is 13.0. The molecule has 2 heterocycles. The van der Waals surface area contributed by atoms with E-state index in [0.717, 1.165) is 38.0 Å². The van der Waals surface area contributed by atoms with Crippen LogP contribution in [-0.2, 0) is 14.4 Å². The number of benzene rings is 2. The van der Waals surface area contributed by atoms with Crippen LogP contribution in [0.1, 0.15) is 17.5 Å². The van der Waals surface area contributed by atoms with Crippen molar-refractivity contribution in [3.63, 3.8) is 0 Å². The number of rotatable bonds is 6. The average molecular weight is 469 g/mol. The molecule has 0 bridgehead atoms. The zero-order chi connectivity index (χ0) is 22.8. The second-order valence-electron chi connectivity index (χ2n) is 7.40. The van der Waals surface area contributed by atoms with Gasteiger partial charge >= 0.3 is 0 Å². The molecule has 1 aliphatic heterocycles. The van der Waals surface area contributed by atoms with Crippen molar-refractivity contribution >= 4 is 67.1 Å². The normalized spacial score (nSPS) is 15.9. The van der Waals surface area contributed by atoms with Crippen LogP contribution in [-0.4, -0.2) is 44.6 Å². The Morgan fingerprint density at radius 1 is 1.06 bits per heavy atom. The van der Waals surface area contributed by atoms with Crippen LogP contribution >= 0.6 is 23.1 Å². The summed E-state index contributed by atoms with van der Waals surface area (Å²) in [6.45, 7) is 3.43. The minimum absolute atomic E-state index is 0.180. The Morgan fingerprint density at radius 3 is 2.62 bits per heavy atom. The molecule has 4 rings (SSSR count). The lowest BCUT2D eigenvalue weighted by Gasteiger charge is -2.14. The molecule has 10 heteroatoms. The van der Waals surface area contributed by atoms with Crippen molar-refractivity contribution in [1.29, 1.82) is 0 Å². The summed E-state index contributed by atoms with van der Waals surface area (Å²) in [6.07, 6.45) is -0.180. The molecule has 1 aromatic heterocycles. The number of aryl methyl sites for hydroxylation is 2. The van der Waals surface area contributed by atoms with Gasteiger partial charge in [-0.3, -0.25) is 24.1 Å². The molecule has 4 amide bonds. The summed E-state index contributed by atoms with van der Waals surface area (Å²) < 4.78 is 0.952. The number of amides is 4. The van der Waals surface area contributed by atoms with Crippen molar-refractivity contribution in [1.82, 2.24) is 9.88 Å². The molecule has 0 saturated carbocycles. The Bertz CT molecular complexity index is 1240. The van der Waals surface area contributed by atoms with Gasteiger partial charge in [-0.05, 0) is 43.2 Å². The number of nitrogens with zero attached hydrogens (tertiary/aromatic N) is 2. The smallest absolute Gasteiger partial charge is 0.289 e. The summed E-state index contributed by atoms with van der Waals surface area (Å²) >= 11 is 2.10. The Labute approximate surface area is 192 Å². The van der Waals surface area contributed by atoms with E-state index in [4.69, 9.17) is 0 Å². The van der Waals surface area contributed by atoms with E-state index in [-0.39, 0.29) is 6.42 Å². The van der Waals surface area contributed by atoms with Gasteiger partial charge in [-0.2, -0.15) is 0 Å². The largest absolute Gasteiger partial charge is 0.324 e. The molecule has 1 aliphatic rings. The number of hydrogen-bond acceptors (Lipinski definition) is 7. The standard InChI is InChI=1S/C22H20N4O4S2/c1-12-7-8-15-16(9-12)31-21(24-15)25-18(27)10-17-20(29)26(22(30)32-17)11-19(28)23-14-6-4-3-5-13(14)2/h3-9,17H,10-11H2,1-2H3,(H,23,28)(H,24,25,27)/t17-/m1/s1. The molecule has 8 nitrogen and oxygen atoms in total. The lowest BCUT2D eigenvalue weighted by Crippen LogP contribution is -2.38. The molecule has 32 heavy (non-hydrogen) atoms. The molecule has 0 radical (unpaired) electrons. The van der Waals surface area contributed by atoms with Gasteiger partial charge in [0.1, 0.15) is 11.8 Å². The van der Waals surface area contributed by atoms with Crippen molar-refractivity contribution in [3.8, 4) is 0 Å². The summed E-state index contributed by atoms with van der Waals surface area (Å²) in [5.74, 6) is -1.43. The van der Waals surface area contributed by atoms with E-state index >= 15 is 0 Å². The molecule has 3 aromatic rings. The molecule has 0 unspecified atom stereocenters. The first-order valence-electron chi connectivity index (χ1n) is 9.84. The Balaban J connectivity index is 1.35. The van der Waals surface area contributed by atoms with E-state index in [1.165, 1.54) is 11.3 Å². The van der Waals surface area contributed by atoms with Crippen LogP contribution < -0.4 is 10.6 Å². The summed E-state index contributed by atoms with van der Waals surface area (Å²) in [5.41, 5.74) is 3.36. The van der Waals surface area contributed by atoms with Gasteiger partial charge in [0.2, 0.25) is 17.7 Å². The topological polar surface area (TPSA) is 108 Å². The summed E-state index contributed by atoms with van der Waals surface area (Å²) in [5, 5.41) is 4.43. The predicted molar refractivity (Wildman–Crippen MR) is 126 cm³/mol. The van der Waals surface area contributed by atoms with Crippen LogP contribution in [0.4, 0.5) is 15.6 Å². The molecule has 1 saturated heterocycles. The number of para-hydroxylation sites is 1. The van der Waals surface area contributed by atoms with E-state index in [9.17, 15) is 19.2 Å². The van der Waals surface area contributed by atoms with Crippen LogP contribution in [0.2, 0.25) is 0 Å². The highest BCUT2D eigenvalue weighted by Gasteiger charge is 2.41. The Morgan fingerprint density at radius 2 is 1.84 bits per heavy atom. The first-order valence-corrected chi connectivity index (χ1v) is 11.5. The van der Waals surface area contributed by atoms with Gasteiger partial charge in [0, 0.05) is 12.1 Å². The van der Waals surface area contributed by atoms with Gasteiger partial charge in [-0.1, -0.05) is 47.4 Å². The maximum atomic E-state index is 12.6. The number of imide groups is 1. The van der Waals surface area contributed by atoms with Crippen molar-refractivity contribution in [3.05, 3.63) is 53.6 Å². The van der Waals surface area contributed by atoms with Crippen LogP contribution in [0.25, 0.3) is 10.2 Å². The maximum absolute atomic E-state index is 12.6. The number of hydrogen-bond donors (Lipinski definition) is 2. The highest BCUT2D eigenvalue weighted by molar-refractivity contribution is 8.15. The zero-order valence-electron chi connectivity index (χ0n) is 17.4. The quantitative estimate of drug-likeness (QED) is 0.567. The highest BCUT2D eigenvalue weighted by Crippen LogP contribution is 2.31. The molecule has 1 atom stereocenters. The van der Waals surface area contributed by atoms with Crippen molar-refractivity contribution in [2.45, 2.75) is 25.5 Å². The first kappa shape index (κ1) is 22.0. The van der Waals surface area contributed by atoms with E-state index < -0.39 is 34.8 Å². The fourth-order valence-electron chi connectivity index (χ4n) is 3.24. The fraction of sp³-hybridized carbons (Fsp3) is 0.227. The van der Waals surface area contributed by atoms with Gasteiger partial charge in [-0.25, -0.2) is 4.98 Å². The zero-order valence-corrected chi connectivity index (χ0v) is 19.0. The predicted octanol–water partition coefficient (Wildman–Crippen LogP) is 3.94. The minimum Gasteiger partial charge on any atom is -0.324 e.